The standard InChI is InChI=1S/C18H24O4/c1-13(2)9-5-3-4-6-12-16-21-17(19)14-10-7-8-11-15(14)18(20)22-16/h7-8,10-11,13,16H,3-6,9,12H2,1-2H3. The summed E-state index contributed by atoms with van der Waals surface area (Å²) in [5, 5.41) is 0. The van der Waals surface area contributed by atoms with Gasteiger partial charge in [0.2, 0.25) is 6.29 Å². The molecule has 1 aliphatic heterocycles. The lowest BCUT2D eigenvalue weighted by Crippen LogP contribution is -2.20. The molecule has 0 saturated heterocycles. The van der Waals surface area contributed by atoms with Crippen LogP contribution in [0.5, 0.6) is 0 Å². The molecule has 1 aromatic carbocycles. The van der Waals surface area contributed by atoms with Gasteiger partial charge in [0, 0.05) is 6.42 Å². The van der Waals surface area contributed by atoms with Crippen LogP contribution in [0.4, 0.5) is 0 Å². The molecule has 0 atom stereocenters. The van der Waals surface area contributed by atoms with Crippen LogP contribution in [0, 0.1) is 5.92 Å². The second kappa shape index (κ2) is 7.97. The average molecular weight is 304 g/mol. The van der Waals surface area contributed by atoms with E-state index in [9.17, 15) is 9.59 Å². The fraction of sp³-hybridized carbons (Fsp3) is 0.556. The third kappa shape index (κ3) is 4.58. The Balaban J connectivity index is 1.80. The maximum Gasteiger partial charge on any atom is 0.342 e. The number of esters is 2. The van der Waals surface area contributed by atoms with Gasteiger partial charge in [-0.05, 0) is 24.5 Å². The van der Waals surface area contributed by atoms with Crippen molar-refractivity contribution in [3.63, 3.8) is 0 Å². The SMILES string of the molecule is CC(C)CCCCCCC1OC(=O)c2ccccc2C(=O)O1. The first kappa shape index (κ1) is 16.5. The number of rotatable bonds is 7. The molecule has 0 radical (unpaired) electrons. The normalized spacial score (nSPS) is 15.2. The zero-order valence-corrected chi connectivity index (χ0v) is 13.3. The smallest absolute Gasteiger partial charge is 0.342 e. The number of fused-ring (bicyclic) bond motifs is 1. The Bertz CT molecular complexity index is 485. The Morgan fingerprint density at radius 2 is 1.45 bits per heavy atom. The van der Waals surface area contributed by atoms with Gasteiger partial charge < -0.3 is 9.47 Å². The van der Waals surface area contributed by atoms with Crippen molar-refractivity contribution >= 4 is 11.9 Å². The van der Waals surface area contributed by atoms with Crippen molar-refractivity contribution in [2.24, 2.45) is 5.92 Å². The van der Waals surface area contributed by atoms with Gasteiger partial charge in [0.05, 0.1) is 11.1 Å². The Morgan fingerprint density at radius 1 is 0.909 bits per heavy atom. The molecule has 0 saturated carbocycles. The van der Waals surface area contributed by atoms with Gasteiger partial charge in [0.25, 0.3) is 0 Å². The molecule has 4 nitrogen and oxygen atoms in total. The highest BCUT2D eigenvalue weighted by atomic mass is 16.7. The van der Waals surface area contributed by atoms with E-state index in [4.69, 9.17) is 9.47 Å². The highest BCUT2D eigenvalue weighted by Crippen LogP contribution is 2.21. The number of cyclic esters (lactones) is 2. The first-order valence-electron chi connectivity index (χ1n) is 8.09. The van der Waals surface area contributed by atoms with Gasteiger partial charge in [-0.15, -0.1) is 0 Å². The molecule has 0 aromatic heterocycles. The summed E-state index contributed by atoms with van der Waals surface area (Å²) in [6.45, 7) is 4.45. The highest BCUT2D eigenvalue weighted by molar-refractivity contribution is 6.04. The van der Waals surface area contributed by atoms with E-state index < -0.39 is 18.2 Å². The van der Waals surface area contributed by atoms with Crippen molar-refractivity contribution in [2.75, 3.05) is 0 Å². The van der Waals surface area contributed by atoms with Gasteiger partial charge in [0.15, 0.2) is 0 Å². The molecule has 0 aliphatic carbocycles. The Kier molecular flexibility index (Phi) is 5.99. The summed E-state index contributed by atoms with van der Waals surface area (Å²) in [6, 6.07) is 6.60. The van der Waals surface area contributed by atoms with Crippen LogP contribution in [0.2, 0.25) is 0 Å². The Labute approximate surface area is 131 Å². The predicted molar refractivity (Wildman–Crippen MR) is 83.6 cm³/mol. The minimum absolute atomic E-state index is 0.284. The number of carbonyl (C=O) groups excluding carboxylic acids is 2. The first-order valence-corrected chi connectivity index (χ1v) is 8.09. The summed E-state index contributed by atoms with van der Waals surface area (Å²) >= 11 is 0. The fourth-order valence-corrected chi connectivity index (χ4v) is 2.56. The predicted octanol–water partition coefficient (Wildman–Crippen LogP) is 4.34. The molecule has 120 valence electrons. The van der Waals surface area contributed by atoms with E-state index in [2.05, 4.69) is 13.8 Å². The van der Waals surface area contributed by atoms with Gasteiger partial charge in [0.1, 0.15) is 0 Å². The lowest BCUT2D eigenvalue weighted by molar-refractivity contribution is -0.0802. The summed E-state index contributed by atoms with van der Waals surface area (Å²) in [4.78, 5) is 24.0. The van der Waals surface area contributed by atoms with Crippen molar-refractivity contribution in [3.8, 4) is 0 Å². The summed E-state index contributed by atoms with van der Waals surface area (Å²) < 4.78 is 10.5. The van der Waals surface area contributed by atoms with E-state index in [1.165, 1.54) is 12.8 Å². The van der Waals surface area contributed by atoms with Crippen molar-refractivity contribution in [1.82, 2.24) is 0 Å². The number of benzene rings is 1. The van der Waals surface area contributed by atoms with Crippen LogP contribution in [0.3, 0.4) is 0 Å². The molecule has 1 aromatic rings. The van der Waals surface area contributed by atoms with Crippen molar-refractivity contribution in [2.45, 2.75) is 58.7 Å². The van der Waals surface area contributed by atoms with Crippen LogP contribution in [-0.4, -0.2) is 18.2 Å². The molecule has 0 unspecified atom stereocenters. The molecular weight excluding hydrogens is 280 g/mol. The summed E-state index contributed by atoms with van der Waals surface area (Å²) in [7, 11) is 0. The zero-order chi connectivity index (χ0) is 15.9. The van der Waals surface area contributed by atoms with Gasteiger partial charge in [-0.25, -0.2) is 9.59 Å². The molecule has 4 heteroatoms. The number of ether oxygens (including phenoxy) is 2. The maximum atomic E-state index is 12.0. The quantitative estimate of drug-likeness (QED) is 0.555. The van der Waals surface area contributed by atoms with Crippen LogP contribution in [0.25, 0.3) is 0 Å². The molecule has 22 heavy (non-hydrogen) atoms. The Hall–Kier alpha value is -1.84. The minimum Gasteiger partial charge on any atom is -0.422 e. The van der Waals surface area contributed by atoms with Gasteiger partial charge in [-0.2, -0.15) is 0 Å². The van der Waals surface area contributed by atoms with Crippen molar-refractivity contribution in [1.29, 1.82) is 0 Å². The topological polar surface area (TPSA) is 52.6 Å². The molecule has 2 rings (SSSR count). The molecule has 1 heterocycles. The first-order chi connectivity index (χ1) is 10.6. The molecule has 1 aliphatic rings. The second-order valence-electron chi connectivity index (χ2n) is 6.17. The summed E-state index contributed by atoms with van der Waals surface area (Å²) in [5.41, 5.74) is 0.568. The molecular formula is C18H24O4. The molecule has 0 N–H and O–H groups in total. The van der Waals surface area contributed by atoms with Crippen LogP contribution < -0.4 is 0 Å². The van der Waals surface area contributed by atoms with E-state index in [0.29, 0.717) is 6.42 Å². The maximum absolute atomic E-state index is 12.0. The van der Waals surface area contributed by atoms with Gasteiger partial charge in [-0.1, -0.05) is 51.7 Å². The monoisotopic (exact) mass is 304 g/mol. The van der Waals surface area contributed by atoms with E-state index in [1.54, 1.807) is 24.3 Å². The largest absolute Gasteiger partial charge is 0.422 e. The third-order valence-electron chi connectivity index (χ3n) is 3.82. The molecule has 0 amide bonds. The van der Waals surface area contributed by atoms with Crippen molar-refractivity contribution in [3.05, 3.63) is 35.4 Å². The number of hydrogen-bond acceptors (Lipinski definition) is 4. The van der Waals surface area contributed by atoms with Gasteiger partial charge >= 0.3 is 11.9 Å². The number of carbonyl (C=O) groups is 2. The zero-order valence-electron chi connectivity index (χ0n) is 13.3. The van der Waals surface area contributed by atoms with E-state index in [0.717, 1.165) is 25.2 Å². The average Bonchev–Trinajstić information content (AvgIpc) is 2.61. The summed E-state index contributed by atoms with van der Waals surface area (Å²) in [5.74, 6) is -0.222. The van der Waals surface area contributed by atoms with E-state index >= 15 is 0 Å². The summed E-state index contributed by atoms with van der Waals surface area (Å²) in [6.07, 6.45) is 5.36. The van der Waals surface area contributed by atoms with Crippen LogP contribution in [0.15, 0.2) is 24.3 Å². The number of hydrogen-bond donors (Lipinski definition) is 0. The lowest BCUT2D eigenvalue weighted by Gasteiger charge is -2.14. The van der Waals surface area contributed by atoms with E-state index in [1.807, 2.05) is 0 Å². The highest BCUT2D eigenvalue weighted by Gasteiger charge is 2.29. The molecule has 0 spiro atoms. The van der Waals surface area contributed by atoms with E-state index in [-0.39, 0.29) is 11.1 Å². The van der Waals surface area contributed by atoms with Crippen LogP contribution >= 0.6 is 0 Å². The second-order valence-corrected chi connectivity index (χ2v) is 6.17. The molecule has 0 bridgehead atoms. The van der Waals surface area contributed by atoms with Gasteiger partial charge in [-0.3, -0.25) is 0 Å². The minimum atomic E-state index is -0.766. The fourth-order valence-electron chi connectivity index (χ4n) is 2.56. The van der Waals surface area contributed by atoms with Crippen molar-refractivity contribution < 1.29 is 19.1 Å². The van der Waals surface area contributed by atoms with Crippen LogP contribution in [-0.2, 0) is 9.47 Å². The molecule has 0 fully saturated rings. The Morgan fingerprint density at radius 3 is 2.00 bits per heavy atom. The lowest BCUT2D eigenvalue weighted by atomic mass is 10.0. The number of unbranched alkanes of at least 4 members (excludes halogenated alkanes) is 3. The van der Waals surface area contributed by atoms with Crippen LogP contribution in [0.1, 0.15) is 73.1 Å². The third-order valence-corrected chi connectivity index (χ3v) is 3.82.